The maximum atomic E-state index is 3.61. The molecule has 1 saturated heterocycles. The normalized spacial score (nSPS) is 23.3. The minimum absolute atomic E-state index is 0.857. The zero-order valence-corrected chi connectivity index (χ0v) is 9.15. The minimum atomic E-state index is 0.857. The molecule has 1 rings (SSSR count). The number of piperidine rings is 1. The van der Waals surface area contributed by atoms with Crippen molar-refractivity contribution in [3.8, 4) is 0 Å². The summed E-state index contributed by atoms with van der Waals surface area (Å²) < 4.78 is 0. The number of unbranched alkanes of at least 4 members (excludes halogenated alkanes) is 4. The van der Waals surface area contributed by atoms with Gasteiger partial charge in [-0.3, -0.25) is 0 Å². The van der Waals surface area contributed by atoms with Crippen LogP contribution in [0.2, 0.25) is 0 Å². The predicted octanol–water partition coefficient (Wildman–Crippen LogP) is 3.49. The molecule has 0 radical (unpaired) electrons. The largest absolute Gasteiger partial charge is 0.314 e. The van der Waals surface area contributed by atoms with Crippen LogP contribution in [0.25, 0.3) is 0 Å². The quantitative estimate of drug-likeness (QED) is 0.622. The second kappa shape index (κ2) is 7.37. The monoisotopic (exact) mass is 183 g/mol. The number of hydrogen-bond donors (Lipinski definition) is 1. The van der Waals surface area contributed by atoms with Crippen molar-refractivity contribution < 1.29 is 0 Å². The summed E-state index contributed by atoms with van der Waals surface area (Å²) in [7, 11) is 0. The Morgan fingerprint density at radius 3 is 2.62 bits per heavy atom. The van der Waals surface area contributed by atoms with Crippen LogP contribution in [0.15, 0.2) is 0 Å². The van der Waals surface area contributed by atoms with Gasteiger partial charge in [0.1, 0.15) is 0 Å². The van der Waals surface area contributed by atoms with Gasteiger partial charge in [0.25, 0.3) is 0 Å². The van der Waals surface area contributed by atoms with Gasteiger partial charge in [0, 0.05) is 6.04 Å². The fourth-order valence-electron chi connectivity index (χ4n) is 2.16. The van der Waals surface area contributed by atoms with E-state index in [1.807, 2.05) is 0 Å². The number of hydrogen-bond acceptors (Lipinski definition) is 1. The average Bonchev–Trinajstić information content (AvgIpc) is 2.19. The van der Waals surface area contributed by atoms with Gasteiger partial charge in [-0.25, -0.2) is 0 Å². The zero-order valence-electron chi connectivity index (χ0n) is 9.15. The van der Waals surface area contributed by atoms with Gasteiger partial charge >= 0.3 is 0 Å². The van der Waals surface area contributed by atoms with Gasteiger partial charge < -0.3 is 5.32 Å². The molecule has 1 heteroatoms. The Morgan fingerprint density at radius 2 is 1.92 bits per heavy atom. The topological polar surface area (TPSA) is 12.0 Å². The van der Waals surface area contributed by atoms with Crippen molar-refractivity contribution in [2.45, 2.75) is 70.8 Å². The molecule has 0 saturated carbocycles. The lowest BCUT2D eigenvalue weighted by Gasteiger charge is -2.23. The standard InChI is InChI=1S/C12H25N/c1-2-3-4-5-6-9-12-10-7-8-11-13-12/h12-13H,2-11H2,1H3/t12-/m0/s1. The van der Waals surface area contributed by atoms with Crippen LogP contribution in [0, 0.1) is 0 Å². The van der Waals surface area contributed by atoms with E-state index in [-0.39, 0.29) is 0 Å². The first-order valence-corrected chi connectivity index (χ1v) is 6.17. The molecule has 1 nitrogen and oxygen atoms in total. The van der Waals surface area contributed by atoms with Crippen LogP contribution in [0.1, 0.15) is 64.7 Å². The Labute approximate surface area is 83.3 Å². The highest BCUT2D eigenvalue weighted by molar-refractivity contribution is 4.71. The Hall–Kier alpha value is -0.0400. The summed E-state index contributed by atoms with van der Waals surface area (Å²) in [5, 5.41) is 3.61. The van der Waals surface area contributed by atoms with E-state index in [0.717, 1.165) is 6.04 Å². The molecule has 1 aliphatic rings. The smallest absolute Gasteiger partial charge is 0.00670 e. The molecule has 0 spiro atoms. The van der Waals surface area contributed by atoms with Crippen molar-refractivity contribution in [2.75, 3.05) is 6.54 Å². The Bertz CT molecular complexity index is 106. The summed E-state index contributed by atoms with van der Waals surface area (Å²) in [5.41, 5.74) is 0. The SMILES string of the molecule is CCCCCCC[C@H]1CCCCN1. The highest BCUT2D eigenvalue weighted by Gasteiger charge is 2.10. The molecule has 1 atom stereocenters. The van der Waals surface area contributed by atoms with E-state index in [1.165, 1.54) is 64.3 Å². The van der Waals surface area contributed by atoms with Gasteiger partial charge in [-0.2, -0.15) is 0 Å². The van der Waals surface area contributed by atoms with Gasteiger partial charge in [0.05, 0.1) is 0 Å². The summed E-state index contributed by atoms with van der Waals surface area (Å²) >= 11 is 0. The molecule has 0 unspecified atom stereocenters. The molecule has 13 heavy (non-hydrogen) atoms. The van der Waals surface area contributed by atoms with Crippen molar-refractivity contribution in [3.05, 3.63) is 0 Å². The summed E-state index contributed by atoms with van der Waals surface area (Å²) in [4.78, 5) is 0. The third kappa shape index (κ3) is 5.30. The molecular weight excluding hydrogens is 158 g/mol. The third-order valence-corrected chi connectivity index (χ3v) is 3.07. The van der Waals surface area contributed by atoms with Crippen LogP contribution in [0.5, 0.6) is 0 Å². The molecule has 1 heterocycles. The van der Waals surface area contributed by atoms with Gasteiger partial charge in [-0.1, -0.05) is 45.4 Å². The van der Waals surface area contributed by atoms with E-state index in [0.29, 0.717) is 0 Å². The van der Waals surface area contributed by atoms with Crippen LogP contribution in [-0.4, -0.2) is 12.6 Å². The molecule has 0 aromatic carbocycles. The molecule has 1 aliphatic heterocycles. The Kier molecular flexibility index (Phi) is 6.26. The van der Waals surface area contributed by atoms with E-state index in [9.17, 15) is 0 Å². The fourth-order valence-corrected chi connectivity index (χ4v) is 2.16. The van der Waals surface area contributed by atoms with E-state index < -0.39 is 0 Å². The molecule has 0 aliphatic carbocycles. The van der Waals surface area contributed by atoms with E-state index in [4.69, 9.17) is 0 Å². The van der Waals surface area contributed by atoms with Gasteiger partial charge in [-0.15, -0.1) is 0 Å². The maximum absolute atomic E-state index is 3.61. The minimum Gasteiger partial charge on any atom is -0.314 e. The second-order valence-electron chi connectivity index (χ2n) is 4.35. The maximum Gasteiger partial charge on any atom is 0.00670 e. The first kappa shape index (κ1) is 11.0. The summed E-state index contributed by atoms with van der Waals surface area (Å²) in [6.45, 7) is 3.54. The highest BCUT2D eigenvalue weighted by Crippen LogP contribution is 2.14. The fraction of sp³-hybridized carbons (Fsp3) is 1.00. The molecule has 0 aromatic rings. The van der Waals surface area contributed by atoms with E-state index in [1.54, 1.807) is 0 Å². The van der Waals surface area contributed by atoms with E-state index in [2.05, 4.69) is 12.2 Å². The van der Waals surface area contributed by atoms with Gasteiger partial charge in [0.15, 0.2) is 0 Å². The van der Waals surface area contributed by atoms with Crippen LogP contribution >= 0.6 is 0 Å². The Morgan fingerprint density at radius 1 is 1.08 bits per heavy atom. The molecule has 0 aromatic heterocycles. The molecule has 0 amide bonds. The lowest BCUT2D eigenvalue weighted by molar-refractivity contribution is 0.370. The molecule has 78 valence electrons. The number of rotatable bonds is 6. The molecule has 0 bridgehead atoms. The van der Waals surface area contributed by atoms with E-state index >= 15 is 0 Å². The van der Waals surface area contributed by atoms with Crippen LogP contribution in [0.4, 0.5) is 0 Å². The van der Waals surface area contributed by atoms with Crippen molar-refractivity contribution in [2.24, 2.45) is 0 Å². The van der Waals surface area contributed by atoms with Crippen molar-refractivity contribution >= 4 is 0 Å². The lowest BCUT2D eigenvalue weighted by atomic mass is 9.99. The van der Waals surface area contributed by atoms with Crippen molar-refractivity contribution in [3.63, 3.8) is 0 Å². The van der Waals surface area contributed by atoms with Crippen LogP contribution in [0.3, 0.4) is 0 Å². The highest BCUT2D eigenvalue weighted by atomic mass is 14.9. The molecule has 1 N–H and O–H groups in total. The summed E-state index contributed by atoms with van der Waals surface area (Å²) in [5.74, 6) is 0. The number of nitrogens with one attached hydrogen (secondary N) is 1. The first-order valence-electron chi connectivity index (χ1n) is 6.17. The van der Waals surface area contributed by atoms with Crippen LogP contribution < -0.4 is 5.32 Å². The third-order valence-electron chi connectivity index (χ3n) is 3.07. The van der Waals surface area contributed by atoms with Crippen molar-refractivity contribution in [1.82, 2.24) is 5.32 Å². The molecular formula is C12H25N. The first-order chi connectivity index (χ1) is 6.43. The summed E-state index contributed by atoms with van der Waals surface area (Å²) in [6.07, 6.45) is 12.8. The Balaban J connectivity index is 1.86. The average molecular weight is 183 g/mol. The lowest BCUT2D eigenvalue weighted by Crippen LogP contribution is -2.33. The molecule has 1 fully saturated rings. The van der Waals surface area contributed by atoms with Crippen LogP contribution in [-0.2, 0) is 0 Å². The van der Waals surface area contributed by atoms with Crippen molar-refractivity contribution in [1.29, 1.82) is 0 Å². The van der Waals surface area contributed by atoms with Gasteiger partial charge in [0.2, 0.25) is 0 Å². The van der Waals surface area contributed by atoms with Gasteiger partial charge in [-0.05, 0) is 25.8 Å². The second-order valence-corrected chi connectivity index (χ2v) is 4.35. The zero-order chi connectivity index (χ0) is 9.36. The predicted molar refractivity (Wildman–Crippen MR) is 59.0 cm³/mol. The summed E-state index contributed by atoms with van der Waals surface area (Å²) in [6, 6.07) is 0.857.